The Morgan fingerprint density at radius 2 is 0.667 bits per heavy atom. The number of carbonyl (C=O) groups excluding carboxylic acids is 9. The summed E-state index contributed by atoms with van der Waals surface area (Å²) in [7, 11) is 10.4. The van der Waals surface area contributed by atoms with Crippen LogP contribution in [0.1, 0.15) is 236 Å². The highest BCUT2D eigenvalue weighted by molar-refractivity contribution is 6.84. The van der Waals surface area contributed by atoms with Gasteiger partial charge in [0.25, 0.3) is 0 Å². The summed E-state index contributed by atoms with van der Waals surface area (Å²) in [6.07, 6.45) is 41.5. The van der Waals surface area contributed by atoms with E-state index in [9.17, 15) is 47.9 Å². The zero-order chi connectivity index (χ0) is 116. The van der Waals surface area contributed by atoms with Crippen LogP contribution in [0.15, 0.2) is 134 Å². The summed E-state index contributed by atoms with van der Waals surface area (Å²) in [4.78, 5) is 136. The fraction of sp³-hybridized carbons (Fsp3) is 0.707. The molecule has 0 aromatic carbocycles. The number of morpholine rings is 1. The number of carboxylic acids is 1. The lowest BCUT2D eigenvalue weighted by molar-refractivity contribution is -0.138. The molecule has 0 aromatic rings. The number of carbonyl (C=O) groups is 10. The SMILES string of the molecule is C=C(/C=C/CN(C)CC(=O)O)CC(C)C.C=C(/C=C/CN1CCN(CCOC)CC1)CC(C)C.C=CC(=O)CC(C)C.CC(C)CC(=O)/C=C/CN(C)C.CC(C)CC(=O)/C=C/CN1CCN(C)CC1.CC(C)CC(=O)/C=C/CN1CCN(C2CC2)CC1.CC(C)CC(=O)/C=C/CN1CCOCC1.CC(C)CC(=O)/C=C/CO.CC(C)CC(=O)C#C[Si](C)(C)C.CC(C)CC(=O)C#C[Si](C)(C)C.CON(C)C/C=C/C(=O)CC(C)C. The van der Waals surface area contributed by atoms with Gasteiger partial charge in [0.2, 0.25) is 11.6 Å². The first-order chi connectivity index (χ1) is 70.0. The number of carboxylic acid groups (broad SMARTS) is 1. The van der Waals surface area contributed by atoms with E-state index in [-0.39, 0.29) is 65.2 Å². The molecule has 27 heteroatoms. The number of rotatable bonds is 53. The minimum Gasteiger partial charge on any atom is -0.480 e. The van der Waals surface area contributed by atoms with Gasteiger partial charge in [0.15, 0.2) is 40.5 Å². The fourth-order valence-electron chi connectivity index (χ4n) is 13.9. The van der Waals surface area contributed by atoms with Crippen molar-refractivity contribution in [2.75, 3.05) is 226 Å². The second-order valence-corrected chi connectivity index (χ2v) is 56.2. The van der Waals surface area contributed by atoms with Gasteiger partial charge >= 0.3 is 5.97 Å². The number of ether oxygens (including phenoxy) is 2. The lowest BCUT2D eigenvalue weighted by Crippen LogP contribution is -2.47. The molecule has 0 bridgehead atoms. The van der Waals surface area contributed by atoms with E-state index in [0.29, 0.717) is 136 Å². The van der Waals surface area contributed by atoms with Gasteiger partial charge in [-0.15, -0.1) is 11.1 Å². The molecular formula is C123H222N10O15Si2. The van der Waals surface area contributed by atoms with Crippen molar-refractivity contribution in [3.63, 3.8) is 0 Å². The number of likely N-dealkylation sites (N-methyl/N-ethyl adjacent to an activating group) is 4. The number of hydrogen-bond donors (Lipinski definition) is 2. The molecule has 0 aromatic heterocycles. The van der Waals surface area contributed by atoms with Gasteiger partial charge in [-0.25, -0.2) is 0 Å². The van der Waals surface area contributed by atoms with Crippen LogP contribution in [0.2, 0.25) is 39.3 Å². The molecule has 862 valence electrons. The van der Waals surface area contributed by atoms with Crippen LogP contribution in [0.4, 0.5) is 0 Å². The number of aliphatic hydroxyl groups is 1. The summed E-state index contributed by atoms with van der Waals surface area (Å²) < 4.78 is 10.4. The molecule has 2 N–H and O–H groups in total. The second kappa shape index (κ2) is 96.2. The maximum Gasteiger partial charge on any atom is 0.317 e. The van der Waals surface area contributed by atoms with E-state index >= 15 is 0 Å². The van der Waals surface area contributed by atoms with E-state index in [1.807, 2.05) is 138 Å². The average Bonchev–Trinajstić information content (AvgIpc) is 1.71. The third-order valence-electron chi connectivity index (χ3n) is 21.5. The highest BCUT2D eigenvalue weighted by Crippen LogP contribution is 2.27. The van der Waals surface area contributed by atoms with Crippen molar-refractivity contribution in [3.05, 3.63) is 134 Å². The summed E-state index contributed by atoms with van der Waals surface area (Å²) in [5.41, 5.74) is 8.47. The summed E-state index contributed by atoms with van der Waals surface area (Å²) in [6, 6.07) is 0.898. The van der Waals surface area contributed by atoms with E-state index in [1.165, 1.54) is 49.7 Å². The second-order valence-electron chi connectivity index (χ2n) is 46.7. The van der Waals surface area contributed by atoms with Gasteiger partial charge in [-0.1, -0.05) is 283 Å². The number of aliphatic hydroxyl groups excluding tert-OH is 1. The van der Waals surface area contributed by atoms with Crippen LogP contribution < -0.4 is 0 Å². The number of nitrogens with zero attached hydrogens (tertiary/aromatic N) is 10. The first-order valence-electron chi connectivity index (χ1n) is 55.6. The molecule has 150 heavy (non-hydrogen) atoms. The van der Waals surface area contributed by atoms with Gasteiger partial charge in [0.05, 0.1) is 40.1 Å². The number of piperazine rings is 3. The molecule has 5 fully saturated rings. The molecule has 0 spiro atoms. The quantitative estimate of drug-likeness (QED) is 0.0188. The number of methoxy groups -OCH3 is 1. The molecule has 0 unspecified atom stereocenters. The van der Waals surface area contributed by atoms with Gasteiger partial charge < -0.3 is 34.3 Å². The maximum atomic E-state index is 11.5. The first-order valence-corrected chi connectivity index (χ1v) is 62.6. The van der Waals surface area contributed by atoms with Crippen molar-refractivity contribution in [3.8, 4) is 22.9 Å². The third-order valence-corrected chi connectivity index (χ3v) is 23.2. The highest BCUT2D eigenvalue weighted by atomic mass is 28.3. The molecular weight excluding hydrogens is 1910 g/mol. The van der Waals surface area contributed by atoms with Crippen molar-refractivity contribution >= 4 is 74.2 Å². The van der Waals surface area contributed by atoms with Crippen LogP contribution in [0.3, 0.4) is 0 Å². The van der Waals surface area contributed by atoms with Crippen LogP contribution in [-0.2, 0) is 62.3 Å². The zero-order valence-electron chi connectivity index (χ0n) is 102. The molecule has 4 heterocycles. The van der Waals surface area contributed by atoms with Crippen LogP contribution in [0.5, 0.6) is 0 Å². The normalized spacial score (nSPS) is 15.2. The Morgan fingerprint density at radius 1 is 0.380 bits per heavy atom. The summed E-state index contributed by atoms with van der Waals surface area (Å²) in [5, 5.41) is 18.5. The van der Waals surface area contributed by atoms with Crippen molar-refractivity contribution < 1.29 is 72.5 Å². The number of allylic oxidation sites excluding steroid dienone is 11. The molecule has 1 saturated carbocycles. The van der Waals surface area contributed by atoms with Gasteiger partial charge in [-0.05, 0) is 173 Å². The molecule has 0 atom stereocenters. The van der Waals surface area contributed by atoms with Crippen LogP contribution in [-0.4, -0.2) is 366 Å². The predicted octanol–water partition coefficient (Wildman–Crippen LogP) is 20.7. The summed E-state index contributed by atoms with van der Waals surface area (Å²) >= 11 is 0. The van der Waals surface area contributed by atoms with Gasteiger partial charge in [0.1, 0.15) is 16.1 Å². The third kappa shape index (κ3) is 119. The van der Waals surface area contributed by atoms with Crippen LogP contribution >= 0.6 is 0 Å². The van der Waals surface area contributed by atoms with Crippen molar-refractivity contribution in [1.82, 2.24) is 49.2 Å². The standard InChI is InChI=1S/C16H30N2O.C15H26N2O.C13H24N2O.2C12H21NO2.C10H19NO2.C10H19NO.2C10H18OSi.C8H14O2.C7H12O/c1-15(2)14-16(3)6-5-7-17-8-10-18(11-9-17)12-13-19-4;1-13(2)12-15(18)4-3-7-16-8-10-17(11-9-16)14-5-6-14;1-12(2)11-13(16)5-4-6-15-9-7-14(3)8-10-15;1-11(2)10-12(14)4-3-5-13-6-8-15-9-7-13;1-10(2)8-11(3)6-5-7-13(4)9-12(14)15;1-9(2)8-10(12)6-5-7-11(3)13-4;1-9(2)8-10(12)6-5-7-11(3)4;2*1-9(2)8-10(11)6-7-12(3,4)5;1-7(2)6-8(10)4-3-5-9;1-4-7(8)5-6(2)3/h5-6,15H,3,7-14H2,1-2,4H3;3-4,13-14H,5-12H2,1-2H3;4-5,12H,6-11H2,1-3H3;3-4,11H,5-10H2,1-2H3;5-6,10H,3,7-9H2,1-2,4H3,(H,14,15);5-6,9H,7-8H2,1-4H3;5-6,9H,7-8H2,1-4H3;2*9H,8H2,1-5H3;3-4,7,9H,5-6H2,1-2H3;4,6H,1,5H2,2-3H3/b6-5+;4-3+;5-4+;4-3+;3*6-5+;;;4-3+;. The average molecular weight is 2140 g/mol. The molecule has 0 radical (unpaired) electrons. The summed E-state index contributed by atoms with van der Waals surface area (Å²) in [5.74, 6) is 11.5. The van der Waals surface area contributed by atoms with E-state index in [2.05, 4.69) is 219 Å². The first kappa shape index (κ1) is 153. The van der Waals surface area contributed by atoms with Gasteiger partial charge in [0, 0.05) is 222 Å². The molecule has 4 aliphatic heterocycles. The molecule has 25 nitrogen and oxygen atoms in total. The minimum absolute atomic E-state index is 0.0518. The minimum atomic E-state index is -1.35. The Morgan fingerprint density at radius 3 is 0.960 bits per heavy atom. The number of Topliss-reactive ketones (excluding diaryl/α,β-unsaturated/α-hetero) is 2. The van der Waals surface area contributed by atoms with E-state index in [0.717, 1.165) is 162 Å². The predicted molar refractivity (Wildman–Crippen MR) is 640 cm³/mol. The zero-order valence-corrected chi connectivity index (χ0v) is 104. The van der Waals surface area contributed by atoms with E-state index in [4.69, 9.17) is 24.5 Å². The maximum absolute atomic E-state index is 11.5. The van der Waals surface area contributed by atoms with Crippen LogP contribution in [0.25, 0.3) is 0 Å². The topological polar surface area (TPSA) is 271 Å². The molecule has 5 rings (SSSR count). The monoisotopic (exact) mass is 2140 g/mol. The Labute approximate surface area is 920 Å². The van der Waals surface area contributed by atoms with E-state index < -0.39 is 22.1 Å². The molecule has 1 aliphatic carbocycles. The lowest BCUT2D eigenvalue weighted by Gasteiger charge is -2.34. The highest BCUT2D eigenvalue weighted by Gasteiger charge is 2.31. The largest absolute Gasteiger partial charge is 0.480 e. The van der Waals surface area contributed by atoms with Crippen LogP contribution in [0, 0.1) is 88.0 Å². The number of aliphatic carboxylic acids is 1. The number of hydrogen-bond acceptors (Lipinski definition) is 24. The lowest BCUT2D eigenvalue weighted by atomic mass is 10.0. The molecule has 4 saturated heterocycles. The van der Waals surface area contributed by atoms with E-state index in [1.54, 1.807) is 61.6 Å². The Balaban J connectivity index is -0.000000383. The van der Waals surface area contributed by atoms with Gasteiger partial charge in [-0.3, -0.25) is 82.2 Å². The number of ketones is 9. The smallest absolute Gasteiger partial charge is 0.317 e. The fourth-order valence-corrected chi connectivity index (χ4v) is 14.9. The molecule has 0 amide bonds. The van der Waals surface area contributed by atoms with Crippen molar-refractivity contribution in [1.29, 1.82) is 0 Å². The Kier molecular flexibility index (Phi) is 98.3. The van der Waals surface area contributed by atoms with Crippen molar-refractivity contribution in [2.45, 2.75) is 281 Å². The summed E-state index contributed by atoms with van der Waals surface area (Å²) in [6.45, 7) is 95.0. The Hall–Kier alpha value is -7.37. The van der Waals surface area contributed by atoms with Gasteiger partial charge in [-0.2, -0.15) is 5.06 Å². The Bertz CT molecular complexity index is 3960. The number of hydroxylamine groups is 2. The van der Waals surface area contributed by atoms with Crippen molar-refractivity contribution in [2.24, 2.45) is 65.1 Å². The molecule has 5 aliphatic rings.